The number of likely N-dealkylation sites (tertiary alicyclic amines) is 1. The van der Waals surface area contributed by atoms with E-state index in [4.69, 9.17) is 4.74 Å². The van der Waals surface area contributed by atoms with Crippen molar-refractivity contribution in [3.8, 4) is 0 Å². The van der Waals surface area contributed by atoms with Gasteiger partial charge in [-0.1, -0.05) is 6.07 Å². The molecule has 0 radical (unpaired) electrons. The summed E-state index contributed by atoms with van der Waals surface area (Å²) in [5, 5.41) is 3.00. The van der Waals surface area contributed by atoms with E-state index in [2.05, 4.69) is 10.2 Å². The van der Waals surface area contributed by atoms with Crippen LogP contribution >= 0.6 is 0 Å². The molecule has 6 heteroatoms. The Balaban J connectivity index is 1.32. The predicted octanol–water partition coefficient (Wildman–Crippen LogP) is 2.61. The van der Waals surface area contributed by atoms with Crippen LogP contribution in [0.5, 0.6) is 0 Å². The first-order valence-corrected chi connectivity index (χ1v) is 9.21. The van der Waals surface area contributed by atoms with Crippen molar-refractivity contribution in [1.82, 2.24) is 10.2 Å². The van der Waals surface area contributed by atoms with Gasteiger partial charge in [0.1, 0.15) is 6.10 Å². The lowest BCUT2D eigenvalue weighted by atomic mass is 9.98. The Hall–Kier alpha value is -1.53. The number of hydrogen-bond donors (Lipinski definition) is 1. The van der Waals surface area contributed by atoms with Gasteiger partial charge in [-0.15, -0.1) is 0 Å². The molecule has 2 aliphatic heterocycles. The zero-order valence-electron chi connectivity index (χ0n) is 14.2. The van der Waals surface area contributed by atoms with E-state index >= 15 is 0 Å². The van der Waals surface area contributed by atoms with Crippen LogP contribution in [-0.2, 0) is 16.1 Å². The standard InChI is InChI=1S/C19H24F2N2O2/c20-14-4-3-13(9-15(14)21)11-23-8-7-17-16(23)5-6-18(25-17)19(24)22-10-12-1-2-12/h3-4,9,12,16-18H,1-2,5-8,10-11H2,(H,22,24)/t16-,17-,18+/m1/s1. The summed E-state index contributed by atoms with van der Waals surface area (Å²) in [6.07, 6.45) is 4.63. The fourth-order valence-corrected chi connectivity index (χ4v) is 3.96. The molecule has 3 fully saturated rings. The highest BCUT2D eigenvalue weighted by Gasteiger charge is 2.41. The van der Waals surface area contributed by atoms with Gasteiger partial charge in [0.25, 0.3) is 0 Å². The van der Waals surface area contributed by atoms with Crippen LogP contribution in [0.2, 0.25) is 0 Å². The Bertz CT molecular complexity index is 650. The molecule has 0 spiro atoms. The molecule has 0 bridgehead atoms. The highest BCUT2D eigenvalue weighted by atomic mass is 19.2. The smallest absolute Gasteiger partial charge is 0.249 e. The van der Waals surface area contributed by atoms with Crippen LogP contribution in [0.25, 0.3) is 0 Å². The molecule has 4 nitrogen and oxygen atoms in total. The van der Waals surface area contributed by atoms with Crippen molar-refractivity contribution in [2.75, 3.05) is 13.1 Å². The summed E-state index contributed by atoms with van der Waals surface area (Å²) >= 11 is 0. The summed E-state index contributed by atoms with van der Waals surface area (Å²) in [5.41, 5.74) is 0.767. The minimum Gasteiger partial charge on any atom is -0.363 e. The lowest BCUT2D eigenvalue weighted by Gasteiger charge is -2.35. The Labute approximate surface area is 146 Å². The van der Waals surface area contributed by atoms with Crippen LogP contribution in [0.4, 0.5) is 8.78 Å². The van der Waals surface area contributed by atoms with Crippen LogP contribution in [0, 0.1) is 17.6 Å². The van der Waals surface area contributed by atoms with E-state index in [9.17, 15) is 13.6 Å². The van der Waals surface area contributed by atoms with E-state index in [1.807, 2.05) is 0 Å². The van der Waals surface area contributed by atoms with E-state index in [-0.39, 0.29) is 24.2 Å². The van der Waals surface area contributed by atoms with Crippen molar-refractivity contribution in [2.24, 2.45) is 5.92 Å². The maximum absolute atomic E-state index is 13.4. The highest BCUT2D eigenvalue weighted by Crippen LogP contribution is 2.33. The van der Waals surface area contributed by atoms with E-state index < -0.39 is 11.6 Å². The topological polar surface area (TPSA) is 41.6 Å². The largest absolute Gasteiger partial charge is 0.363 e. The first kappa shape index (κ1) is 16.9. The van der Waals surface area contributed by atoms with Crippen molar-refractivity contribution >= 4 is 5.91 Å². The molecule has 136 valence electrons. The molecule has 25 heavy (non-hydrogen) atoms. The number of hydrogen-bond acceptors (Lipinski definition) is 3. The molecular weight excluding hydrogens is 326 g/mol. The molecule has 2 heterocycles. The van der Waals surface area contributed by atoms with Crippen LogP contribution in [0.15, 0.2) is 18.2 Å². The Morgan fingerprint density at radius 1 is 1.16 bits per heavy atom. The molecule has 1 aromatic carbocycles. The third-order valence-corrected chi connectivity index (χ3v) is 5.59. The maximum atomic E-state index is 13.4. The summed E-state index contributed by atoms with van der Waals surface area (Å²) < 4.78 is 32.5. The van der Waals surface area contributed by atoms with Crippen LogP contribution in [-0.4, -0.2) is 42.1 Å². The first-order valence-electron chi connectivity index (χ1n) is 9.21. The molecule has 3 atom stereocenters. The minimum absolute atomic E-state index is 0.0180. The SMILES string of the molecule is O=C(NCC1CC1)[C@@H]1CC[C@@H]2[C@@H](CCN2Cc2ccc(F)c(F)c2)O1. The van der Waals surface area contributed by atoms with Gasteiger partial charge in [-0.05, 0) is 55.7 Å². The van der Waals surface area contributed by atoms with Crippen LogP contribution in [0.1, 0.15) is 37.7 Å². The summed E-state index contributed by atoms with van der Waals surface area (Å²) in [5.74, 6) is -0.938. The number of amides is 1. The quantitative estimate of drug-likeness (QED) is 0.888. The molecule has 4 rings (SSSR count). The number of ether oxygens (including phenoxy) is 1. The summed E-state index contributed by atoms with van der Waals surface area (Å²) in [7, 11) is 0. The summed E-state index contributed by atoms with van der Waals surface area (Å²) in [6, 6.07) is 4.32. The molecule has 1 saturated carbocycles. The molecule has 1 amide bonds. The van der Waals surface area contributed by atoms with E-state index in [0.717, 1.165) is 31.5 Å². The van der Waals surface area contributed by atoms with Gasteiger partial charge >= 0.3 is 0 Å². The fraction of sp³-hybridized carbons (Fsp3) is 0.632. The summed E-state index contributed by atoms with van der Waals surface area (Å²) in [4.78, 5) is 14.5. The molecule has 1 aliphatic carbocycles. The third kappa shape index (κ3) is 3.85. The lowest BCUT2D eigenvalue weighted by molar-refractivity contribution is -0.144. The van der Waals surface area contributed by atoms with Gasteiger partial charge in [-0.25, -0.2) is 8.78 Å². The molecule has 0 unspecified atom stereocenters. The molecule has 0 aromatic heterocycles. The highest BCUT2D eigenvalue weighted by molar-refractivity contribution is 5.80. The Morgan fingerprint density at radius 3 is 2.76 bits per heavy atom. The van der Waals surface area contributed by atoms with Gasteiger partial charge < -0.3 is 10.1 Å². The van der Waals surface area contributed by atoms with E-state index in [1.165, 1.54) is 25.0 Å². The number of nitrogens with zero attached hydrogens (tertiary/aromatic N) is 1. The zero-order valence-corrected chi connectivity index (χ0v) is 14.2. The third-order valence-electron chi connectivity index (χ3n) is 5.59. The second-order valence-corrected chi connectivity index (χ2v) is 7.50. The number of carbonyl (C=O) groups is 1. The summed E-state index contributed by atoms with van der Waals surface area (Å²) in [6.45, 7) is 2.21. The number of halogens is 2. The number of carbonyl (C=O) groups excluding carboxylic acids is 1. The predicted molar refractivity (Wildman–Crippen MR) is 88.8 cm³/mol. The van der Waals surface area contributed by atoms with Crippen molar-refractivity contribution in [3.05, 3.63) is 35.4 Å². The first-order chi connectivity index (χ1) is 12.1. The average molecular weight is 350 g/mol. The van der Waals surface area contributed by atoms with Gasteiger partial charge in [-0.3, -0.25) is 9.69 Å². The molecule has 1 N–H and O–H groups in total. The van der Waals surface area contributed by atoms with Gasteiger partial charge in [0.2, 0.25) is 5.91 Å². The number of fused-ring (bicyclic) bond motifs is 1. The molecule has 3 aliphatic rings. The Kier molecular flexibility index (Phi) is 4.73. The second-order valence-electron chi connectivity index (χ2n) is 7.50. The lowest BCUT2D eigenvalue weighted by Crippen LogP contribution is -2.47. The molecule has 2 saturated heterocycles. The van der Waals surface area contributed by atoms with Crippen LogP contribution < -0.4 is 5.32 Å². The fourth-order valence-electron chi connectivity index (χ4n) is 3.96. The van der Waals surface area contributed by atoms with Crippen molar-refractivity contribution in [2.45, 2.75) is 56.9 Å². The van der Waals surface area contributed by atoms with Gasteiger partial charge in [0.05, 0.1) is 6.10 Å². The van der Waals surface area contributed by atoms with Gasteiger partial charge in [0, 0.05) is 25.7 Å². The average Bonchev–Trinajstić information content (AvgIpc) is 3.36. The van der Waals surface area contributed by atoms with Gasteiger partial charge in [0.15, 0.2) is 11.6 Å². The van der Waals surface area contributed by atoms with Crippen molar-refractivity contribution in [1.29, 1.82) is 0 Å². The monoisotopic (exact) mass is 350 g/mol. The Morgan fingerprint density at radius 2 is 2.00 bits per heavy atom. The number of nitrogens with one attached hydrogen (secondary N) is 1. The second kappa shape index (κ2) is 7.00. The van der Waals surface area contributed by atoms with Gasteiger partial charge in [-0.2, -0.15) is 0 Å². The zero-order chi connectivity index (χ0) is 17.4. The van der Waals surface area contributed by atoms with Crippen molar-refractivity contribution in [3.63, 3.8) is 0 Å². The van der Waals surface area contributed by atoms with Crippen molar-refractivity contribution < 1.29 is 18.3 Å². The number of benzene rings is 1. The van der Waals surface area contributed by atoms with E-state index in [0.29, 0.717) is 18.9 Å². The number of rotatable bonds is 5. The normalized spacial score (nSPS) is 29.4. The minimum atomic E-state index is -0.816. The van der Waals surface area contributed by atoms with Crippen LogP contribution in [0.3, 0.4) is 0 Å². The maximum Gasteiger partial charge on any atom is 0.249 e. The molecule has 1 aromatic rings. The molecular formula is C19H24F2N2O2. The van der Waals surface area contributed by atoms with E-state index in [1.54, 1.807) is 6.07 Å².